The second-order valence-electron chi connectivity index (χ2n) is 5.90. The van der Waals surface area contributed by atoms with Gasteiger partial charge in [-0.05, 0) is 29.6 Å². The zero-order chi connectivity index (χ0) is 13.6. The van der Waals surface area contributed by atoms with E-state index in [-0.39, 0.29) is 11.3 Å². The lowest BCUT2D eigenvalue weighted by atomic mass is 9.82. The molecule has 0 aliphatic rings. The van der Waals surface area contributed by atoms with Crippen LogP contribution in [0.5, 0.6) is 0 Å². The van der Waals surface area contributed by atoms with Crippen LogP contribution in [0.15, 0.2) is 30.3 Å². The summed E-state index contributed by atoms with van der Waals surface area (Å²) >= 11 is 1.46. The summed E-state index contributed by atoms with van der Waals surface area (Å²) in [5.41, 5.74) is 1.46. The Morgan fingerprint density at radius 2 is 1.83 bits per heavy atom. The molecule has 0 spiro atoms. The topological polar surface area (TPSA) is 17.1 Å². The van der Waals surface area contributed by atoms with Crippen LogP contribution in [0.1, 0.15) is 39.7 Å². The largest absolute Gasteiger partial charge is 0.287 e. The van der Waals surface area contributed by atoms with Crippen molar-refractivity contribution < 1.29 is 4.79 Å². The maximum absolute atomic E-state index is 12.2. The van der Waals surface area contributed by atoms with Crippen LogP contribution in [0.25, 0.3) is 0 Å². The van der Waals surface area contributed by atoms with Crippen LogP contribution in [0, 0.1) is 11.3 Å². The SMILES string of the molecule is CCSC(=O)C(Cc1ccccc1)CC(C)(C)C. The first kappa shape index (κ1) is 15.3. The smallest absolute Gasteiger partial charge is 0.192 e. The van der Waals surface area contributed by atoms with Crippen molar-refractivity contribution in [2.45, 2.75) is 40.5 Å². The van der Waals surface area contributed by atoms with Crippen molar-refractivity contribution in [2.24, 2.45) is 11.3 Å². The van der Waals surface area contributed by atoms with Crippen molar-refractivity contribution in [1.82, 2.24) is 0 Å². The van der Waals surface area contributed by atoms with Crippen LogP contribution < -0.4 is 0 Å². The van der Waals surface area contributed by atoms with Gasteiger partial charge in [0.2, 0.25) is 0 Å². The number of rotatable bonds is 5. The third-order valence-electron chi connectivity index (χ3n) is 2.80. The standard InChI is InChI=1S/C16H24OS/c1-5-18-15(17)14(12-16(2,3)4)11-13-9-7-6-8-10-13/h6-10,14H,5,11-12H2,1-4H3. The molecule has 0 saturated carbocycles. The van der Waals surface area contributed by atoms with Crippen LogP contribution in [0.2, 0.25) is 0 Å². The van der Waals surface area contributed by atoms with Gasteiger partial charge in [-0.25, -0.2) is 0 Å². The van der Waals surface area contributed by atoms with Crippen molar-refractivity contribution >= 4 is 16.9 Å². The molecule has 2 heteroatoms. The lowest BCUT2D eigenvalue weighted by molar-refractivity contribution is -0.115. The molecule has 1 unspecified atom stereocenters. The summed E-state index contributed by atoms with van der Waals surface area (Å²) in [5, 5.41) is 0.344. The molecule has 0 aromatic heterocycles. The van der Waals surface area contributed by atoms with Gasteiger partial charge in [0.25, 0.3) is 0 Å². The van der Waals surface area contributed by atoms with Gasteiger partial charge >= 0.3 is 0 Å². The lowest BCUT2D eigenvalue weighted by Crippen LogP contribution is -2.21. The Morgan fingerprint density at radius 3 is 2.33 bits per heavy atom. The fraction of sp³-hybridized carbons (Fsp3) is 0.562. The summed E-state index contributed by atoms with van der Waals surface area (Å²) in [6.45, 7) is 8.65. The Morgan fingerprint density at radius 1 is 1.22 bits per heavy atom. The van der Waals surface area contributed by atoms with E-state index in [2.05, 4.69) is 32.9 Å². The van der Waals surface area contributed by atoms with Crippen molar-refractivity contribution in [3.05, 3.63) is 35.9 Å². The minimum Gasteiger partial charge on any atom is -0.287 e. The van der Waals surface area contributed by atoms with E-state index in [9.17, 15) is 4.79 Å². The molecule has 0 aliphatic carbocycles. The number of benzene rings is 1. The van der Waals surface area contributed by atoms with E-state index in [1.807, 2.05) is 25.1 Å². The fourth-order valence-corrected chi connectivity index (χ4v) is 2.82. The summed E-state index contributed by atoms with van der Waals surface area (Å²) < 4.78 is 0. The molecule has 1 atom stereocenters. The predicted octanol–water partition coefficient (Wildman–Crippen LogP) is 4.56. The molecule has 0 amide bonds. The maximum Gasteiger partial charge on any atom is 0.192 e. The summed E-state index contributed by atoms with van der Waals surface area (Å²) in [7, 11) is 0. The highest BCUT2D eigenvalue weighted by Crippen LogP contribution is 2.30. The molecule has 0 radical (unpaired) electrons. The van der Waals surface area contributed by atoms with Crippen molar-refractivity contribution in [1.29, 1.82) is 0 Å². The fourth-order valence-electron chi connectivity index (χ4n) is 2.14. The van der Waals surface area contributed by atoms with Gasteiger partial charge in [-0.2, -0.15) is 0 Å². The van der Waals surface area contributed by atoms with Crippen molar-refractivity contribution in [3.63, 3.8) is 0 Å². The molecule has 1 aromatic rings. The van der Waals surface area contributed by atoms with Gasteiger partial charge in [-0.3, -0.25) is 4.79 Å². The van der Waals surface area contributed by atoms with Crippen LogP contribution in [-0.2, 0) is 11.2 Å². The number of hydrogen-bond acceptors (Lipinski definition) is 2. The first-order valence-corrected chi connectivity index (χ1v) is 7.61. The highest BCUT2D eigenvalue weighted by molar-refractivity contribution is 8.13. The van der Waals surface area contributed by atoms with E-state index in [0.29, 0.717) is 5.12 Å². The van der Waals surface area contributed by atoms with E-state index in [1.54, 1.807) is 0 Å². The average molecular weight is 264 g/mol. The van der Waals surface area contributed by atoms with Crippen molar-refractivity contribution in [2.75, 3.05) is 5.75 Å². The Hall–Kier alpha value is -0.760. The zero-order valence-electron chi connectivity index (χ0n) is 11.9. The van der Waals surface area contributed by atoms with Crippen LogP contribution in [0.4, 0.5) is 0 Å². The second-order valence-corrected chi connectivity index (χ2v) is 7.17. The highest BCUT2D eigenvalue weighted by Gasteiger charge is 2.24. The molecular formula is C16H24OS. The Labute approximate surface area is 115 Å². The van der Waals surface area contributed by atoms with E-state index in [0.717, 1.165) is 18.6 Å². The summed E-state index contributed by atoms with van der Waals surface area (Å²) in [6, 6.07) is 10.3. The normalized spacial score (nSPS) is 13.3. The minimum absolute atomic E-state index is 0.136. The lowest BCUT2D eigenvalue weighted by Gasteiger charge is -2.24. The van der Waals surface area contributed by atoms with Gasteiger partial charge in [0, 0.05) is 5.92 Å². The van der Waals surface area contributed by atoms with Gasteiger partial charge in [0.15, 0.2) is 5.12 Å². The van der Waals surface area contributed by atoms with Crippen LogP contribution in [-0.4, -0.2) is 10.9 Å². The quantitative estimate of drug-likeness (QED) is 0.775. The van der Waals surface area contributed by atoms with E-state index < -0.39 is 0 Å². The molecule has 0 fully saturated rings. The molecule has 18 heavy (non-hydrogen) atoms. The number of carbonyl (C=O) groups excluding carboxylic acids is 1. The van der Waals surface area contributed by atoms with Gasteiger partial charge in [-0.1, -0.05) is 69.8 Å². The molecule has 1 nitrogen and oxygen atoms in total. The zero-order valence-corrected chi connectivity index (χ0v) is 12.7. The number of thioether (sulfide) groups is 1. The third-order valence-corrected chi connectivity index (χ3v) is 3.71. The molecule has 0 bridgehead atoms. The first-order valence-electron chi connectivity index (χ1n) is 6.63. The second kappa shape index (κ2) is 6.98. The van der Waals surface area contributed by atoms with Gasteiger partial charge in [-0.15, -0.1) is 0 Å². The Bertz CT molecular complexity index is 364. The van der Waals surface area contributed by atoms with E-state index in [1.165, 1.54) is 17.3 Å². The summed E-state index contributed by atoms with van der Waals surface area (Å²) in [6.07, 6.45) is 1.82. The van der Waals surface area contributed by atoms with Gasteiger partial charge < -0.3 is 0 Å². The molecule has 1 rings (SSSR count). The van der Waals surface area contributed by atoms with Gasteiger partial charge in [0.1, 0.15) is 0 Å². The van der Waals surface area contributed by atoms with E-state index >= 15 is 0 Å². The molecule has 1 aromatic carbocycles. The third kappa shape index (κ3) is 5.72. The van der Waals surface area contributed by atoms with Crippen molar-refractivity contribution in [3.8, 4) is 0 Å². The van der Waals surface area contributed by atoms with Crippen LogP contribution >= 0.6 is 11.8 Å². The molecule has 100 valence electrons. The molecular weight excluding hydrogens is 240 g/mol. The number of hydrogen-bond donors (Lipinski definition) is 0. The molecule has 0 saturated heterocycles. The average Bonchev–Trinajstić information content (AvgIpc) is 2.28. The Balaban J connectivity index is 2.74. The summed E-state index contributed by atoms with van der Waals surface area (Å²) in [4.78, 5) is 12.2. The first-order chi connectivity index (χ1) is 8.42. The monoisotopic (exact) mass is 264 g/mol. The predicted molar refractivity (Wildman–Crippen MR) is 80.8 cm³/mol. The molecule has 0 N–H and O–H groups in total. The number of carbonyl (C=O) groups is 1. The molecule has 0 aliphatic heterocycles. The van der Waals surface area contributed by atoms with Gasteiger partial charge in [0.05, 0.1) is 0 Å². The maximum atomic E-state index is 12.2. The van der Waals surface area contributed by atoms with E-state index in [4.69, 9.17) is 0 Å². The minimum atomic E-state index is 0.136. The van der Waals surface area contributed by atoms with Crippen LogP contribution in [0.3, 0.4) is 0 Å². The molecule has 0 heterocycles. The highest BCUT2D eigenvalue weighted by atomic mass is 32.2. The Kier molecular flexibility index (Phi) is 5.94. The summed E-state index contributed by atoms with van der Waals surface area (Å²) in [5.74, 6) is 1.01.